The smallest absolute Gasteiger partial charge is 0.100 e. The van der Waals surface area contributed by atoms with Gasteiger partial charge in [-0.1, -0.05) is 13.3 Å². The Morgan fingerprint density at radius 2 is 1.90 bits per heavy atom. The van der Waals surface area contributed by atoms with Gasteiger partial charge in [0, 0.05) is 0 Å². The summed E-state index contributed by atoms with van der Waals surface area (Å²) in [4.78, 5) is 0. The van der Waals surface area contributed by atoms with Gasteiger partial charge in [-0.3, -0.25) is 4.39 Å². The highest BCUT2D eigenvalue weighted by Crippen LogP contribution is 2.10. The fourth-order valence-corrected chi connectivity index (χ4v) is 0.918. The molecule has 0 amide bonds. The normalized spacial score (nSPS) is 13.5. The maximum Gasteiger partial charge on any atom is 0.100 e. The number of alkyl halides is 2. The molecule has 10 heavy (non-hydrogen) atoms. The van der Waals surface area contributed by atoms with E-state index in [4.69, 9.17) is 0 Å². The van der Waals surface area contributed by atoms with Gasteiger partial charge in [0.1, 0.15) is 6.17 Å². The third-order valence-electron chi connectivity index (χ3n) is 1.50. The van der Waals surface area contributed by atoms with E-state index in [0.717, 1.165) is 6.42 Å². The lowest BCUT2D eigenvalue weighted by molar-refractivity contribution is 0.282. The van der Waals surface area contributed by atoms with Crippen LogP contribution < -0.4 is 0 Å². The van der Waals surface area contributed by atoms with Crippen molar-refractivity contribution in [1.82, 2.24) is 0 Å². The molecule has 0 N–H and O–H groups in total. The molecule has 0 aromatic heterocycles. The first-order valence-corrected chi connectivity index (χ1v) is 4.01. The molecular formula is C8H16F2. The Balaban J connectivity index is 2.97. The fourth-order valence-electron chi connectivity index (χ4n) is 0.918. The highest BCUT2D eigenvalue weighted by molar-refractivity contribution is 4.54. The summed E-state index contributed by atoms with van der Waals surface area (Å²) in [6.07, 6.45) is 2.57. The lowest BCUT2D eigenvalue weighted by Crippen LogP contribution is -1.98. The molecule has 2 heteroatoms. The first-order valence-electron chi connectivity index (χ1n) is 4.01. The van der Waals surface area contributed by atoms with E-state index in [1.807, 2.05) is 6.92 Å². The molecule has 0 saturated carbocycles. The van der Waals surface area contributed by atoms with Gasteiger partial charge < -0.3 is 0 Å². The van der Waals surface area contributed by atoms with Gasteiger partial charge in [-0.25, -0.2) is 4.39 Å². The van der Waals surface area contributed by atoms with Gasteiger partial charge in [0.2, 0.25) is 0 Å². The van der Waals surface area contributed by atoms with Gasteiger partial charge in [-0.2, -0.15) is 0 Å². The van der Waals surface area contributed by atoms with Crippen molar-refractivity contribution in [3.8, 4) is 0 Å². The van der Waals surface area contributed by atoms with Gasteiger partial charge in [0.25, 0.3) is 0 Å². The molecule has 0 saturated heterocycles. The largest absolute Gasteiger partial charge is 0.251 e. The predicted octanol–water partition coefficient (Wildman–Crippen LogP) is 3.26. The van der Waals surface area contributed by atoms with E-state index >= 15 is 0 Å². The minimum absolute atomic E-state index is 0.307. The number of halogens is 2. The lowest BCUT2D eigenvalue weighted by atomic mass is 10.1. The maximum atomic E-state index is 12.6. The SMILES string of the molecule is CCCC(F)CCCCF. The Labute approximate surface area is 61.6 Å². The Morgan fingerprint density at radius 1 is 1.20 bits per heavy atom. The first-order chi connectivity index (χ1) is 4.81. The molecule has 0 aliphatic rings. The number of unbranched alkanes of at least 4 members (excludes halogenated alkanes) is 1. The van der Waals surface area contributed by atoms with Gasteiger partial charge in [-0.05, 0) is 25.7 Å². The zero-order chi connectivity index (χ0) is 7.82. The molecule has 0 fully saturated rings. The topological polar surface area (TPSA) is 0 Å². The minimum atomic E-state index is -0.698. The summed E-state index contributed by atoms with van der Waals surface area (Å²) in [7, 11) is 0. The average molecular weight is 150 g/mol. The number of hydrogen-bond donors (Lipinski definition) is 0. The Kier molecular flexibility index (Phi) is 6.88. The molecule has 0 nitrogen and oxygen atoms in total. The van der Waals surface area contributed by atoms with E-state index in [9.17, 15) is 8.78 Å². The molecule has 62 valence electrons. The quantitative estimate of drug-likeness (QED) is 0.510. The minimum Gasteiger partial charge on any atom is -0.251 e. The van der Waals surface area contributed by atoms with Crippen molar-refractivity contribution in [1.29, 1.82) is 0 Å². The Hall–Kier alpha value is -0.140. The molecule has 0 aromatic rings. The third kappa shape index (κ3) is 5.99. The van der Waals surface area contributed by atoms with Crippen LogP contribution in [0.25, 0.3) is 0 Å². The van der Waals surface area contributed by atoms with Gasteiger partial charge >= 0.3 is 0 Å². The van der Waals surface area contributed by atoms with Crippen molar-refractivity contribution in [2.75, 3.05) is 6.67 Å². The second-order valence-electron chi connectivity index (χ2n) is 2.57. The molecule has 0 bridgehead atoms. The highest BCUT2D eigenvalue weighted by atomic mass is 19.1. The van der Waals surface area contributed by atoms with Crippen LogP contribution in [0.4, 0.5) is 8.78 Å². The van der Waals surface area contributed by atoms with E-state index in [1.165, 1.54) is 0 Å². The summed E-state index contributed by atoms with van der Waals surface area (Å²) < 4.78 is 24.1. The molecule has 0 heterocycles. The summed E-state index contributed by atoms with van der Waals surface area (Å²) in [6, 6.07) is 0. The second kappa shape index (κ2) is 6.97. The standard InChI is InChI=1S/C8H16F2/c1-2-5-8(10)6-3-4-7-9/h8H,2-7H2,1H3. The zero-order valence-electron chi connectivity index (χ0n) is 6.58. The second-order valence-corrected chi connectivity index (χ2v) is 2.57. The third-order valence-corrected chi connectivity index (χ3v) is 1.50. The van der Waals surface area contributed by atoms with Crippen LogP contribution in [0.3, 0.4) is 0 Å². The van der Waals surface area contributed by atoms with Gasteiger partial charge in [0.05, 0.1) is 6.67 Å². The van der Waals surface area contributed by atoms with Crippen molar-refractivity contribution < 1.29 is 8.78 Å². The van der Waals surface area contributed by atoms with Crippen molar-refractivity contribution in [3.05, 3.63) is 0 Å². The van der Waals surface area contributed by atoms with Crippen LogP contribution >= 0.6 is 0 Å². The predicted molar refractivity (Wildman–Crippen MR) is 39.6 cm³/mol. The van der Waals surface area contributed by atoms with Crippen LogP contribution in [0.5, 0.6) is 0 Å². The average Bonchev–Trinajstić information content (AvgIpc) is 1.89. The fraction of sp³-hybridized carbons (Fsp3) is 1.00. The summed E-state index contributed by atoms with van der Waals surface area (Å²) in [5.74, 6) is 0. The van der Waals surface area contributed by atoms with Crippen molar-refractivity contribution >= 4 is 0 Å². The van der Waals surface area contributed by atoms with Gasteiger partial charge in [-0.15, -0.1) is 0 Å². The van der Waals surface area contributed by atoms with Crippen LogP contribution in [0, 0.1) is 0 Å². The molecule has 1 atom stereocenters. The lowest BCUT2D eigenvalue weighted by Gasteiger charge is -2.03. The molecule has 0 aromatic carbocycles. The highest BCUT2D eigenvalue weighted by Gasteiger charge is 2.02. The molecule has 0 rings (SSSR count). The van der Waals surface area contributed by atoms with Crippen LogP contribution in [-0.2, 0) is 0 Å². The van der Waals surface area contributed by atoms with Crippen molar-refractivity contribution in [2.24, 2.45) is 0 Å². The molecule has 0 radical (unpaired) electrons. The Morgan fingerprint density at radius 3 is 2.40 bits per heavy atom. The van der Waals surface area contributed by atoms with E-state index < -0.39 is 6.17 Å². The van der Waals surface area contributed by atoms with Crippen LogP contribution in [-0.4, -0.2) is 12.8 Å². The van der Waals surface area contributed by atoms with E-state index in [-0.39, 0.29) is 6.67 Å². The van der Waals surface area contributed by atoms with Crippen LogP contribution in [0.2, 0.25) is 0 Å². The number of rotatable bonds is 6. The van der Waals surface area contributed by atoms with Gasteiger partial charge in [0.15, 0.2) is 0 Å². The summed E-state index contributed by atoms with van der Waals surface area (Å²) in [5.41, 5.74) is 0. The van der Waals surface area contributed by atoms with Crippen molar-refractivity contribution in [2.45, 2.75) is 45.2 Å². The number of hydrogen-bond acceptors (Lipinski definition) is 0. The van der Waals surface area contributed by atoms with E-state index in [0.29, 0.717) is 25.7 Å². The van der Waals surface area contributed by atoms with Crippen LogP contribution in [0.1, 0.15) is 39.0 Å². The van der Waals surface area contributed by atoms with Crippen LogP contribution in [0.15, 0.2) is 0 Å². The molecule has 0 aliphatic carbocycles. The Bertz CT molecular complexity index is 64.3. The summed E-state index contributed by atoms with van der Waals surface area (Å²) in [5, 5.41) is 0. The first kappa shape index (κ1) is 9.86. The maximum absolute atomic E-state index is 12.6. The van der Waals surface area contributed by atoms with E-state index in [2.05, 4.69) is 0 Å². The summed E-state index contributed by atoms with van der Waals surface area (Å²) in [6.45, 7) is 1.65. The molecule has 0 spiro atoms. The monoisotopic (exact) mass is 150 g/mol. The van der Waals surface area contributed by atoms with Crippen molar-refractivity contribution in [3.63, 3.8) is 0 Å². The molecular weight excluding hydrogens is 134 g/mol. The summed E-state index contributed by atoms with van der Waals surface area (Å²) >= 11 is 0. The zero-order valence-corrected chi connectivity index (χ0v) is 6.58. The van der Waals surface area contributed by atoms with E-state index in [1.54, 1.807) is 0 Å². The molecule has 0 aliphatic heterocycles. The molecule has 1 unspecified atom stereocenters.